The van der Waals surface area contributed by atoms with Crippen molar-refractivity contribution in [3.05, 3.63) is 84.0 Å². The average Bonchev–Trinajstić information content (AvgIpc) is 3.28. The van der Waals surface area contributed by atoms with Crippen molar-refractivity contribution in [3.63, 3.8) is 0 Å². The van der Waals surface area contributed by atoms with Gasteiger partial charge in [-0.05, 0) is 37.4 Å². The van der Waals surface area contributed by atoms with E-state index in [1.54, 1.807) is 6.08 Å². The third-order valence-corrected chi connectivity index (χ3v) is 6.13. The molecule has 0 fully saturated rings. The molecule has 34 heavy (non-hydrogen) atoms. The predicted octanol–water partition coefficient (Wildman–Crippen LogP) is 4.56. The maximum atomic E-state index is 12.3. The summed E-state index contributed by atoms with van der Waals surface area (Å²) in [4.78, 5) is 24.0. The number of hydrogen-bond acceptors (Lipinski definition) is 7. The Hall–Kier alpha value is -3.59. The topological polar surface area (TPSA) is 90.4 Å². The number of carbonyl (C=O) groups excluding carboxylic acids is 1. The summed E-state index contributed by atoms with van der Waals surface area (Å²) in [5, 5.41) is 19.2. The zero-order chi connectivity index (χ0) is 23.9. The Balaban J connectivity index is 1.62. The fourth-order valence-corrected chi connectivity index (χ4v) is 4.52. The molecule has 2 aromatic carbocycles. The molecule has 0 bridgehead atoms. The highest BCUT2D eigenvalue weighted by atomic mass is 32.1. The Morgan fingerprint density at radius 3 is 2.74 bits per heavy atom. The first-order valence-electron chi connectivity index (χ1n) is 10.9. The Bertz CT molecular complexity index is 1290. The van der Waals surface area contributed by atoms with E-state index >= 15 is 0 Å². The second-order valence-electron chi connectivity index (χ2n) is 8.08. The van der Waals surface area contributed by atoms with Crippen LogP contribution in [0.25, 0.3) is 21.3 Å². The lowest BCUT2D eigenvalue weighted by molar-refractivity contribution is -0.111. The maximum absolute atomic E-state index is 12.3. The van der Waals surface area contributed by atoms with E-state index in [9.17, 15) is 9.90 Å². The molecule has 0 spiro atoms. The molecular formula is C26H27N5O2S. The van der Waals surface area contributed by atoms with Gasteiger partial charge < -0.3 is 20.6 Å². The number of rotatable bonds is 9. The van der Waals surface area contributed by atoms with Gasteiger partial charge in [0, 0.05) is 29.3 Å². The minimum Gasteiger partial charge on any atom is -0.394 e. The first-order chi connectivity index (χ1) is 16.5. The number of benzene rings is 2. The van der Waals surface area contributed by atoms with Gasteiger partial charge in [-0.1, -0.05) is 48.5 Å². The summed E-state index contributed by atoms with van der Waals surface area (Å²) < 4.78 is 0. The molecule has 174 valence electrons. The number of thiophene rings is 1. The molecule has 3 N–H and O–H groups in total. The predicted molar refractivity (Wildman–Crippen MR) is 139 cm³/mol. The summed E-state index contributed by atoms with van der Waals surface area (Å²) >= 11 is 1.53. The van der Waals surface area contributed by atoms with Crippen LogP contribution in [0.3, 0.4) is 0 Å². The molecule has 0 radical (unpaired) electrons. The number of fused-ring (bicyclic) bond motifs is 1. The largest absolute Gasteiger partial charge is 0.394 e. The molecule has 2 heterocycles. The van der Waals surface area contributed by atoms with E-state index in [-0.39, 0.29) is 18.6 Å². The Morgan fingerprint density at radius 2 is 1.97 bits per heavy atom. The number of aliphatic hydroxyl groups excluding tert-OH is 1. The monoisotopic (exact) mass is 473 g/mol. The second-order valence-corrected chi connectivity index (χ2v) is 8.93. The van der Waals surface area contributed by atoms with Crippen molar-refractivity contribution in [2.24, 2.45) is 0 Å². The van der Waals surface area contributed by atoms with Crippen LogP contribution in [0.4, 0.5) is 11.5 Å². The molecule has 7 nitrogen and oxygen atoms in total. The average molecular weight is 474 g/mol. The number of aliphatic hydroxyl groups is 1. The molecule has 4 aromatic rings. The SMILES string of the molecule is CN(C)CC=CC(=O)Nc1cccc(-c2csc3ncnc(N[C@H](CO)c4ccccc4)c23)c1. The van der Waals surface area contributed by atoms with Gasteiger partial charge in [0.15, 0.2) is 0 Å². The van der Waals surface area contributed by atoms with Gasteiger partial charge in [-0.3, -0.25) is 4.79 Å². The fraction of sp³-hybridized carbons (Fsp3) is 0.192. The molecule has 4 rings (SSSR count). The smallest absolute Gasteiger partial charge is 0.248 e. The first kappa shape index (κ1) is 23.6. The van der Waals surface area contributed by atoms with E-state index in [0.717, 1.165) is 26.9 Å². The third-order valence-electron chi connectivity index (χ3n) is 5.25. The summed E-state index contributed by atoms with van der Waals surface area (Å²) in [5.74, 6) is 0.485. The number of aromatic nitrogens is 2. The minimum atomic E-state index is -0.299. The van der Waals surface area contributed by atoms with Gasteiger partial charge in [0.1, 0.15) is 17.0 Å². The number of amides is 1. The highest BCUT2D eigenvalue weighted by Crippen LogP contribution is 2.38. The zero-order valence-corrected chi connectivity index (χ0v) is 19.9. The van der Waals surface area contributed by atoms with Gasteiger partial charge in [0.2, 0.25) is 5.91 Å². The molecule has 8 heteroatoms. The van der Waals surface area contributed by atoms with Crippen molar-refractivity contribution in [1.82, 2.24) is 14.9 Å². The van der Waals surface area contributed by atoms with E-state index in [1.165, 1.54) is 17.7 Å². The lowest BCUT2D eigenvalue weighted by Gasteiger charge is -2.18. The normalized spacial score (nSPS) is 12.4. The highest BCUT2D eigenvalue weighted by Gasteiger charge is 2.17. The molecule has 0 saturated heterocycles. The van der Waals surface area contributed by atoms with E-state index in [0.29, 0.717) is 18.1 Å². The van der Waals surface area contributed by atoms with Crippen molar-refractivity contribution in [3.8, 4) is 11.1 Å². The van der Waals surface area contributed by atoms with Gasteiger partial charge in [0.05, 0.1) is 18.0 Å². The quantitative estimate of drug-likeness (QED) is 0.309. The van der Waals surface area contributed by atoms with Crippen LogP contribution in [0.5, 0.6) is 0 Å². The molecule has 0 aliphatic heterocycles. The van der Waals surface area contributed by atoms with Gasteiger partial charge in [-0.15, -0.1) is 11.3 Å². The Kier molecular flexibility index (Phi) is 7.64. The number of nitrogens with zero attached hydrogens (tertiary/aromatic N) is 3. The third kappa shape index (κ3) is 5.66. The number of nitrogens with one attached hydrogen (secondary N) is 2. The number of hydrogen-bond donors (Lipinski definition) is 3. The molecule has 0 unspecified atom stereocenters. The van der Waals surface area contributed by atoms with Crippen LogP contribution in [0, 0.1) is 0 Å². The molecule has 2 aromatic heterocycles. The number of carbonyl (C=O) groups is 1. The summed E-state index contributed by atoms with van der Waals surface area (Å²) in [6.07, 6.45) is 4.90. The van der Waals surface area contributed by atoms with Gasteiger partial charge in [-0.25, -0.2) is 9.97 Å². The van der Waals surface area contributed by atoms with E-state index in [4.69, 9.17) is 0 Å². The molecule has 1 atom stereocenters. The molecule has 0 aliphatic rings. The van der Waals surface area contributed by atoms with Crippen LogP contribution in [-0.4, -0.2) is 53.1 Å². The van der Waals surface area contributed by atoms with Crippen LogP contribution < -0.4 is 10.6 Å². The lowest BCUT2D eigenvalue weighted by atomic mass is 10.0. The van der Waals surface area contributed by atoms with Crippen LogP contribution in [0.1, 0.15) is 11.6 Å². The van der Waals surface area contributed by atoms with Crippen molar-refractivity contribution in [1.29, 1.82) is 0 Å². The van der Waals surface area contributed by atoms with Crippen LogP contribution in [-0.2, 0) is 4.79 Å². The summed E-state index contributed by atoms with van der Waals surface area (Å²) in [6.45, 7) is 0.625. The molecular weight excluding hydrogens is 446 g/mol. The van der Waals surface area contributed by atoms with Crippen LogP contribution in [0.2, 0.25) is 0 Å². The first-order valence-corrected chi connectivity index (χ1v) is 11.8. The molecule has 0 saturated carbocycles. The Morgan fingerprint density at radius 1 is 1.15 bits per heavy atom. The van der Waals surface area contributed by atoms with Gasteiger partial charge >= 0.3 is 0 Å². The molecule has 0 aliphatic carbocycles. The second kappa shape index (κ2) is 11.0. The zero-order valence-electron chi connectivity index (χ0n) is 19.1. The van der Waals surface area contributed by atoms with Crippen molar-refractivity contribution >= 4 is 39.0 Å². The minimum absolute atomic E-state index is 0.0716. The van der Waals surface area contributed by atoms with E-state index in [2.05, 4.69) is 20.6 Å². The van der Waals surface area contributed by atoms with Crippen molar-refractivity contribution in [2.45, 2.75) is 6.04 Å². The highest BCUT2D eigenvalue weighted by molar-refractivity contribution is 7.17. The number of likely N-dealkylation sites (N-methyl/N-ethyl adjacent to an activating group) is 1. The van der Waals surface area contributed by atoms with Crippen molar-refractivity contribution < 1.29 is 9.90 Å². The summed E-state index contributed by atoms with van der Waals surface area (Å²) in [7, 11) is 3.90. The van der Waals surface area contributed by atoms with E-state index < -0.39 is 0 Å². The summed E-state index contributed by atoms with van der Waals surface area (Å²) in [6, 6.07) is 17.2. The van der Waals surface area contributed by atoms with Crippen molar-refractivity contribution in [2.75, 3.05) is 37.9 Å². The van der Waals surface area contributed by atoms with Gasteiger partial charge in [0.25, 0.3) is 0 Å². The maximum Gasteiger partial charge on any atom is 0.248 e. The van der Waals surface area contributed by atoms with Gasteiger partial charge in [-0.2, -0.15) is 0 Å². The van der Waals surface area contributed by atoms with Crippen LogP contribution >= 0.6 is 11.3 Å². The lowest BCUT2D eigenvalue weighted by Crippen LogP contribution is -2.15. The fourth-order valence-electron chi connectivity index (χ4n) is 3.60. The standard InChI is InChI=1S/C26H27N5O2S/c1-31(2)13-7-12-23(33)29-20-11-6-10-19(14-20)21-16-34-26-24(21)25(27-17-28-26)30-22(15-32)18-8-4-3-5-9-18/h3-12,14,16-17,22,32H,13,15H2,1-2H3,(H,29,33)(H,27,28,30)/t22-/m1/s1. The summed E-state index contributed by atoms with van der Waals surface area (Å²) in [5.41, 5.74) is 3.59. The molecule has 1 amide bonds. The van der Waals surface area contributed by atoms with Crippen LogP contribution in [0.15, 0.2) is 78.5 Å². The van der Waals surface area contributed by atoms with E-state index in [1.807, 2.05) is 85.0 Å². The number of anilines is 2. The Labute approximate surface area is 202 Å².